The summed E-state index contributed by atoms with van der Waals surface area (Å²) in [6, 6.07) is 8.53. The second-order valence-corrected chi connectivity index (χ2v) is 7.15. The number of nitriles is 1. The molecule has 4 aromatic rings. The Bertz CT molecular complexity index is 1230. The van der Waals surface area contributed by atoms with Gasteiger partial charge < -0.3 is 0 Å². The van der Waals surface area contributed by atoms with Gasteiger partial charge in [-0.25, -0.2) is 14.5 Å². The standard InChI is InChI=1S/C19H16N8/c20-10-13-11-21-17-6-7-18(24-27(13)17)26-16-3-1-2-14(16)22-19(26)15-8-9-25(23-15)12-4-5-12/h6-9,11-12H,1-5H2. The molecule has 0 amide bonds. The number of nitrogens with zero attached hydrogens (tertiary/aromatic N) is 8. The number of hydrogen-bond donors (Lipinski definition) is 0. The van der Waals surface area contributed by atoms with Crippen LogP contribution in [0.15, 0.2) is 30.6 Å². The predicted molar refractivity (Wildman–Crippen MR) is 96.3 cm³/mol. The lowest BCUT2D eigenvalue weighted by Gasteiger charge is -2.09. The number of imidazole rings is 2. The van der Waals surface area contributed by atoms with Crippen molar-refractivity contribution in [3.8, 4) is 23.4 Å². The van der Waals surface area contributed by atoms with Gasteiger partial charge in [-0.05, 0) is 50.3 Å². The minimum atomic E-state index is 0.420. The minimum Gasteiger partial charge on any atom is -0.278 e. The zero-order chi connectivity index (χ0) is 18.0. The molecular formula is C19H16N8. The van der Waals surface area contributed by atoms with E-state index in [4.69, 9.17) is 10.1 Å². The molecule has 0 bridgehead atoms. The molecule has 1 fully saturated rings. The van der Waals surface area contributed by atoms with Gasteiger partial charge in [0.25, 0.3) is 0 Å². The summed E-state index contributed by atoms with van der Waals surface area (Å²) in [4.78, 5) is 9.13. The van der Waals surface area contributed by atoms with E-state index in [0.29, 0.717) is 17.4 Å². The van der Waals surface area contributed by atoms with Gasteiger partial charge in [-0.2, -0.15) is 10.4 Å². The normalized spacial score (nSPS) is 16.0. The molecule has 8 nitrogen and oxygen atoms in total. The summed E-state index contributed by atoms with van der Waals surface area (Å²) in [6.07, 6.45) is 9.03. The highest BCUT2D eigenvalue weighted by Crippen LogP contribution is 2.36. The zero-order valence-electron chi connectivity index (χ0n) is 14.6. The third-order valence-electron chi connectivity index (χ3n) is 5.33. The maximum Gasteiger partial charge on any atom is 0.166 e. The third-order valence-corrected chi connectivity index (χ3v) is 5.33. The van der Waals surface area contributed by atoms with Crippen LogP contribution in [0.2, 0.25) is 0 Å². The van der Waals surface area contributed by atoms with Crippen LogP contribution in [0.4, 0.5) is 0 Å². The molecule has 2 aliphatic rings. The van der Waals surface area contributed by atoms with Gasteiger partial charge in [-0.15, -0.1) is 5.10 Å². The van der Waals surface area contributed by atoms with Crippen LogP contribution in [0.5, 0.6) is 0 Å². The second-order valence-electron chi connectivity index (χ2n) is 7.15. The lowest BCUT2D eigenvalue weighted by Crippen LogP contribution is -2.08. The number of hydrogen-bond acceptors (Lipinski definition) is 5. The molecule has 132 valence electrons. The quantitative estimate of drug-likeness (QED) is 0.562. The van der Waals surface area contributed by atoms with Gasteiger partial charge in [0.2, 0.25) is 0 Å². The van der Waals surface area contributed by atoms with Crippen LogP contribution >= 0.6 is 0 Å². The molecule has 27 heavy (non-hydrogen) atoms. The van der Waals surface area contributed by atoms with Crippen molar-refractivity contribution in [2.24, 2.45) is 0 Å². The monoisotopic (exact) mass is 356 g/mol. The van der Waals surface area contributed by atoms with E-state index >= 15 is 0 Å². The minimum absolute atomic E-state index is 0.420. The molecule has 0 saturated heterocycles. The summed E-state index contributed by atoms with van der Waals surface area (Å²) in [6.45, 7) is 0. The Morgan fingerprint density at radius 3 is 2.89 bits per heavy atom. The second kappa shape index (κ2) is 5.27. The molecule has 8 heteroatoms. The lowest BCUT2D eigenvalue weighted by atomic mass is 10.3. The number of aromatic nitrogens is 7. The lowest BCUT2D eigenvalue weighted by molar-refractivity contribution is 0.642. The maximum absolute atomic E-state index is 9.31. The summed E-state index contributed by atoms with van der Waals surface area (Å²) in [7, 11) is 0. The molecule has 0 unspecified atom stereocenters. The van der Waals surface area contributed by atoms with E-state index in [1.165, 1.54) is 18.5 Å². The first kappa shape index (κ1) is 14.7. The summed E-state index contributed by atoms with van der Waals surface area (Å²) in [5.41, 5.74) is 4.26. The highest BCUT2D eigenvalue weighted by Gasteiger charge is 2.28. The maximum atomic E-state index is 9.31. The van der Waals surface area contributed by atoms with Crippen LogP contribution in [0.1, 0.15) is 42.4 Å². The summed E-state index contributed by atoms with van der Waals surface area (Å²) >= 11 is 0. The van der Waals surface area contributed by atoms with Gasteiger partial charge in [0, 0.05) is 11.9 Å². The molecule has 0 radical (unpaired) electrons. The first-order valence-corrected chi connectivity index (χ1v) is 9.23. The van der Waals surface area contributed by atoms with Crippen LogP contribution in [0, 0.1) is 11.3 Å². The highest BCUT2D eigenvalue weighted by atomic mass is 15.3. The SMILES string of the molecule is N#Cc1cnc2ccc(-n3c(-c4ccn(C5CC5)n4)nc4c3CCC4)nn12. The van der Waals surface area contributed by atoms with Crippen LogP contribution in [0.3, 0.4) is 0 Å². The van der Waals surface area contributed by atoms with Crippen LogP contribution in [-0.2, 0) is 12.8 Å². The van der Waals surface area contributed by atoms with E-state index < -0.39 is 0 Å². The van der Waals surface area contributed by atoms with Crippen molar-refractivity contribution in [2.75, 3.05) is 0 Å². The molecule has 4 heterocycles. The van der Waals surface area contributed by atoms with Gasteiger partial charge in [-0.1, -0.05) is 0 Å². The Labute approximate surface area is 154 Å². The van der Waals surface area contributed by atoms with Crippen molar-refractivity contribution in [3.63, 3.8) is 0 Å². The number of fused-ring (bicyclic) bond motifs is 2. The molecule has 4 aromatic heterocycles. The van der Waals surface area contributed by atoms with Crippen molar-refractivity contribution in [1.82, 2.24) is 33.9 Å². The molecule has 0 aliphatic heterocycles. The summed E-state index contributed by atoms with van der Waals surface area (Å²) < 4.78 is 5.73. The fraction of sp³-hybridized carbons (Fsp3) is 0.316. The van der Waals surface area contributed by atoms with Gasteiger partial charge in [0.05, 0.1) is 17.9 Å². The molecule has 0 aromatic carbocycles. The van der Waals surface area contributed by atoms with Gasteiger partial charge >= 0.3 is 0 Å². The first-order chi connectivity index (χ1) is 13.3. The van der Waals surface area contributed by atoms with E-state index in [9.17, 15) is 5.26 Å². The van der Waals surface area contributed by atoms with E-state index in [1.54, 1.807) is 10.7 Å². The largest absolute Gasteiger partial charge is 0.278 e. The first-order valence-electron chi connectivity index (χ1n) is 9.23. The Kier molecular flexibility index (Phi) is 2.86. The van der Waals surface area contributed by atoms with E-state index in [0.717, 1.165) is 42.3 Å². The number of rotatable bonds is 3. The fourth-order valence-corrected chi connectivity index (χ4v) is 3.86. The molecule has 0 N–H and O–H groups in total. The molecule has 6 rings (SSSR count). The third kappa shape index (κ3) is 2.15. The highest BCUT2D eigenvalue weighted by molar-refractivity contribution is 5.57. The Morgan fingerprint density at radius 1 is 1.11 bits per heavy atom. The van der Waals surface area contributed by atoms with Crippen molar-refractivity contribution in [3.05, 3.63) is 47.7 Å². The van der Waals surface area contributed by atoms with Crippen molar-refractivity contribution >= 4 is 5.65 Å². The van der Waals surface area contributed by atoms with Gasteiger partial charge in [0.15, 0.2) is 23.0 Å². The smallest absolute Gasteiger partial charge is 0.166 e. The van der Waals surface area contributed by atoms with Crippen molar-refractivity contribution < 1.29 is 0 Å². The van der Waals surface area contributed by atoms with Crippen molar-refractivity contribution in [1.29, 1.82) is 5.26 Å². The Morgan fingerprint density at radius 2 is 2.04 bits per heavy atom. The average molecular weight is 356 g/mol. The molecule has 0 atom stereocenters. The van der Waals surface area contributed by atoms with Crippen LogP contribution < -0.4 is 0 Å². The van der Waals surface area contributed by atoms with E-state index in [1.807, 2.05) is 29.1 Å². The zero-order valence-corrected chi connectivity index (χ0v) is 14.6. The van der Waals surface area contributed by atoms with Gasteiger partial charge in [-0.3, -0.25) is 9.25 Å². The van der Waals surface area contributed by atoms with E-state index in [2.05, 4.69) is 20.7 Å². The molecule has 0 spiro atoms. The van der Waals surface area contributed by atoms with Crippen molar-refractivity contribution in [2.45, 2.75) is 38.1 Å². The Balaban J connectivity index is 1.56. The topological polar surface area (TPSA) is 89.6 Å². The summed E-state index contributed by atoms with van der Waals surface area (Å²) in [5.74, 6) is 1.56. The summed E-state index contributed by atoms with van der Waals surface area (Å²) in [5, 5.41) is 18.8. The molecule has 2 aliphatic carbocycles. The number of aryl methyl sites for hydroxylation is 1. The molecule has 1 saturated carbocycles. The van der Waals surface area contributed by atoms with Crippen LogP contribution in [0.25, 0.3) is 23.0 Å². The average Bonchev–Trinajstić information content (AvgIpc) is 3.08. The predicted octanol–water partition coefficient (Wildman–Crippen LogP) is 2.47. The fourth-order valence-electron chi connectivity index (χ4n) is 3.86. The van der Waals surface area contributed by atoms with E-state index in [-0.39, 0.29) is 0 Å². The van der Waals surface area contributed by atoms with Gasteiger partial charge in [0.1, 0.15) is 11.8 Å². The Hall–Kier alpha value is -3.47. The molecular weight excluding hydrogens is 340 g/mol. The van der Waals surface area contributed by atoms with Crippen LogP contribution in [-0.4, -0.2) is 33.9 Å².